The van der Waals surface area contributed by atoms with Crippen LogP contribution in [0.15, 0.2) is 66.5 Å². The van der Waals surface area contributed by atoms with E-state index in [1.807, 2.05) is 31.2 Å². The van der Waals surface area contributed by atoms with Crippen molar-refractivity contribution < 1.29 is 18.7 Å². The van der Waals surface area contributed by atoms with E-state index in [1.54, 1.807) is 43.5 Å². The van der Waals surface area contributed by atoms with Crippen LogP contribution in [0.25, 0.3) is 6.08 Å². The summed E-state index contributed by atoms with van der Waals surface area (Å²) in [7, 11) is 0. The molecule has 0 bridgehead atoms. The van der Waals surface area contributed by atoms with Crippen LogP contribution in [0, 0.1) is 0 Å². The molecule has 0 unspecified atom stereocenters. The van der Waals surface area contributed by atoms with Gasteiger partial charge in [0.2, 0.25) is 0 Å². The first-order valence-electron chi connectivity index (χ1n) is 10.5. The Hall–Kier alpha value is -2.91. The molecule has 0 aliphatic carbocycles. The molecule has 4 rings (SSSR count). The number of rotatable bonds is 6. The number of fused-ring (bicyclic) bond motifs is 1. The average molecular weight is 531 g/mol. The van der Waals surface area contributed by atoms with Crippen molar-refractivity contribution in [3.8, 4) is 5.75 Å². The number of allylic oxidation sites excluding steroid dienone is 1. The zero-order valence-electron chi connectivity index (χ0n) is 18.6. The van der Waals surface area contributed by atoms with Crippen molar-refractivity contribution in [3.05, 3.63) is 83.3 Å². The molecule has 172 valence electrons. The Balaban J connectivity index is 1.91. The predicted octanol–water partition coefficient (Wildman–Crippen LogP) is 3.94. The quantitative estimate of drug-likeness (QED) is 0.450. The molecule has 3 heterocycles. The van der Waals surface area contributed by atoms with Gasteiger partial charge in [-0.3, -0.25) is 9.36 Å². The number of thiazole rings is 1. The molecule has 0 amide bonds. The summed E-state index contributed by atoms with van der Waals surface area (Å²) < 4.78 is 19.2. The minimum atomic E-state index is -0.673. The van der Waals surface area contributed by atoms with Gasteiger partial charge >= 0.3 is 5.97 Å². The molecule has 1 aliphatic rings. The van der Waals surface area contributed by atoms with Crippen LogP contribution in [-0.2, 0) is 9.53 Å². The Kier molecular flexibility index (Phi) is 6.71. The Morgan fingerprint density at radius 2 is 2.00 bits per heavy atom. The Morgan fingerprint density at radius 3 is 2.61 bits per heavy atom. The minimum absolute atomic E-state index is 0.257. The van der Waals surface area contributed by atoms with E-state index < -0.39 is 12.0 Å². The lowest BCUT2D eigenvalue weighted by atomic mass is 9.96. The smallest absolute Gasteiger partial charge is 0.338 e. The third-order valence-corrected chi connectivity index (χ3v) is 6.37. The number of hydrogen-bond donors (Lipinski definition) is 0. The summed E-state index contributed by atoms with van der Waals surface area (Å²) in [5.74, 6) is 0.762. The first-order valence-corrected chi connectivity index (χ1v) is 12.1. The van der Waals surface area contributed by atoms with E-state index >= 15 is 0 Å². The van der Waals surface area contributed by atoms with Crippen LogP contribution in [0.4, 0.5) is 0 Å². The largest absolute Gasteiger partial charge is 0.494 e. The van der Waals surface area contributed by atoms with E-state index in [4.69, 9.17) is 13.9 Å². The number of hydrogen-bond acceptors (Lipinski definition) is 7. The molecule has 0 radical (unpaired) electrons. The molecule has 1 aliphatic heterocycles. The SMILES string of the molecule is CCOc1ccc([C@@H]2C(C(=O)OC(C)C)=C(C)N=c3s/c(=C/c4ccc(Br)o4)c(=O)n32)cc1. The Labute approximate surface area is 202 Å². The molecule has 2 aromatic heterocycles. The summed E-state index contributed by atoms with van der Waals surface area (Å²) in [6.45, 7) is 7.80. The molecular formula is C24H23BrN2O5S. The highest BCUT2D eigenvalue weighted by Gasteiger charge is 2.33. The van der Waals surface area contributed by atoms with Gasteiger partial charge in [0.15, 0.2) is 9.47 Å². The van der Waals surface area contributed by atoms with E-state index in [0.717, 1.165) is 5.56 Å². The summed E-state index contributed by atoms with van der Waals surface area (Å²) in [6.07, 6.45) is 1.37. The van der Waals surface area contributed by atoms with Gasteiger partial charge in [-0.15, -0.1) is 0 Å². The Morgan fingerprint density at radius 1 is 1.27 bits per heavy atom. The van der Waals surface area contributed by atoms with Crippen LogP contribution in [0.2, 0.25) is 0 Å². The summed E-state index contributed by atoms with van der Waals surface area (Å²) in [5, 5.41) is 0. The van der Waals surface area contributed by atoms with Gasteiger partial charge in [0.05, 0.1) is 34.6 Å². The summed E-state index contributed by atoms with van der Waals surface area (Å²) in [4.78, 5) is 31.7. The molecule has 0 N–H and O–H groups in total. The molecule has 9 heteroatoms. The number of halogens is 1. The van der Waals surface area contributed by atoms with Crippen molar-refractivity contribution in [1.29, 1.82) is 0 Å². The van der Waals surface area contributed by atoms with Crippen molar-refractivity contribution in [1.82, 2.24) is 4.57 Å². The summed E-state index contributed by atoms with van der Waals surface area (Å²) in [6, 6.07) is 10.2. The maximum Gasteiger partial charge on any atom is 0.338 e. The van der Waals surface area contributed by atoms with E-state index in [-0.39, 0.29) is 11.7 Å². The predicted molar refractivity (Wildman–Crippen MR) is 129 cm³/mol. The van der Waals surface area contributed by atoms with Crippen molar-refractivity contribution >= 4 is 39.3 Å². The van der Waals surface area contributed by atoms with E-state index in [2.05, 4.69) is 20.9 Å². The topological polar surface area (TPSA) is 83.0 Å². The van der Waals surface area contributed by atoms with Gasteiger partial charge in [-0.25, -0.2) is 9.79 Å². The van der Waals surface area contributed by atoms with Crippen LogP contribution < -0.4 is 19.6 Å². The number of esters is 1. The number of aromatic nitrogens is 1. The third-order valence-electron chi connectivity index (χ3n) is 4.96. The highest BCUT2D eigenvalue weighted by atomic mass is 79.9. The van der Waals surface area contributed by atoms with Gasteiger partial charge in [0.25, 0.3) is 5.56 Å². The van der Waals surface area contributed by atoms with Gasteiger partial charge in [-0.05, 0) is 73.5 Å². The van der Waals surface area contributed by atoms with Crippen molar-refractivity contribution in [2.45, 2.75) is 39.8 Å². The second-order valence-electron chi connectivity index (χ2n) is 7.68. The number of furan rings is 1. The van der Waals surface area contributed by atoms with Crippen LogP contribution in [0.3, 0.4) is 0 Å². The molecule has 0 saturated carbocycles. The highest BCUT2D eigenvalue weighted by Crippen LogP contribution is 2.32. The number of benzene rings is 1. The minimum Gasteiger partial charge on any atom is -0.494 e. The van der Waals surface area contributed by atoms with Crippen LogP contribution in [0.5, 0.6) is 5.75 Å². The van der Waals surface area contributed by atoms with Crippen LogP contribution in [-0.4, -0.2) is 23.2 Å². The lowest BCUT2D eigenvalue weighted by molar-refractivity contribution is -0.143. The summed E-state index contributed by atoms with van der Waals surface area (Å²) >= 11 is 4.52. The molecule has 7 nitrogen and oxygen atoms in total. The molecule has 0 fully saturated rings. The number of ether oxygens (including phenoxy) is 2. The molecule has 1 atom stereocenters. The third kappa shape index (κ3) is 4.74. The van der Waals surface area contributed by atoms with Crippen LogP contribution in [0.1, 0.15) is 45.1 Å². The molecule has 0 spiro atoms. The maximum atomic E-state index is 13.5. The lowest BCUT2D eigenvalue weighted by Gasteiger charge is -2.25. The maximum absolute atomic E-state index is 13.5. The van der Waals surface area contributed by atoms with E-state index in [9.17, 15) is 9.59 Å². The Bertz CT molecular complexity index is 1400. The second-order valence-corrected chi connectivity index (χ2v) is 9.47. The summed E-state index contributed by atoms with van der Waals surface area (Å²) in [5.41, 5.74) is 1.37. The van der Waals surface area contributed by atoms with Crippen molar-refractivity contribution in [2.75, 3.05) is 6.61 Å². The number of carbonyl (C=O) groups excluding carboxylic acids is 1. The van der Waals surface area contributed by atoms with E-state index in [0.29, 0.717) is 43.4 Å². The normalized spacial score (nSPS) is 16.1. The second kappa shape index (κ2) is 9.52. The van der Waals surface area contributed by atoms with Gasteiger partial charge in [-0.1, -0.05) is 23.5 Å². The molecule has 0 saturated heterocycles. The van der Waals surface area contributed by atoms with E-state index in [1.165, 1.54) is 11.3 Å². The number of carbonyl (C=O) groups is 1. The van der Waals surface area contributed by atoms with Gasteiger partial charge in [0.1, 0.15) is 11.5 Å². The van der Waals surface area contributed by atoms with Gasteiger partial charge in [-0.2, -0.15) is 0 Å². The standard InChI is InChI=1S/C24H23BrN2O5S/c1-5-30-16-8-6-15(7-9-16)21-20(23(29)31-13(2)3)14(4)26-24-27(21)22(28)18(33-24)12-17-10-11-19(25)32-17/h6-13,21H,5H2,1-4H3/b18-12+/t21-/m1/s1. The lowest BCUT2D eigenvalue weighted by Crippen LogP contribution is -2.40. The first-order chi connectivity index (χ1) is 15.8. The fraction of sp³-hybridized carbons (Fsp3) is 0.292. The van der Waals surface area contributed by atoms with Crippen molar-refractivity contribution in [3.63, 3.8) is 0 Å². The zero-order chi connectivity index (χ0) is 23.7. The van der Waals surface area contributed by atoms with Crippen molar-refractivity contribution in [2.24, 2.45) is 4.99 Å². The molecule has 1 aromatic carbocycles. The average Bonchev–Trinajstić information content (AvgIpc) is 3.30. The molecule has 3 aromatic rings. The van der Waals surface area contributed by atoms with Crippen LogP contribution >= 0.6 is 27.3 Å². The molecular weight excluding hydrogens is 508 g/mol. The van der Waals surface area contributed by atoms with Gasteiger partial charge < -0.3 is 13.9 Å². The zero-order valence-corrected chi connectivity index (χ0v) is 21.0. The highest BCUT2D eigenvalue weighted by molar-refractivity contribution is 9.10. The first kappa shape index (κ1) is 23.3. The fourth-order valence-corrected chi connectivity index (χ4v) is 4.97. The van der Waals surface area contributed by atoms with Gasteiger partial charge in [0, 0.05) is 6.08 Å². The monoisotopic (exact) mass is 530 g/mol. The number of nitrogens with zero attached hydrogens (tertiary/aromatic N) is 2. The fourth-order valence-electron chi connectivity index (χ4n) is 3.62. The molecule has 33 heavy (non-hydrogen) atoms.